The van der Waals surface area contributed by atoms with Gasteiger partial charge < -0.3 is 9.64 Å². The summed E-state index contributed by atoms with van der Waals surface area (Å²) in [5.41, 5.74) is 2.77. The molecule has 1 aliphatic heterocycles. The van der Waals surface area contributed by atoms with Crippen molar-refractivity contribution in [3.63, 3.8) is 0 Å². The van der Waals surface area contributed by atoms with Crippen molar-refractivity contribution in [2.24, 2.45) is 5.92 Å². The Morgan fingerprint density at radius 2 is 1.88 bits per heavy atom. The van der Waals surface area contributed by atoms with Gasteiger partial charge in [-0.3, -0.25) is 0 Å². The van der Waals surface area contributed by atoms with E-state index in [1.165, 1.54) is 0 Å². The minimum atomic E-state index is 0.529. The number of rotatable bonds is 4. The zero-order valence-corrected chi connectivity index (χ0v) is 15.4. The van der Waals surface area contributed by atoms with Gasteiger partial charge in [-0.1, -0.05) is 0 Å². The van der Waals surface area contributed by atoms with Crippen molar-refractivity contribution in [2.75, 3.05) is 24.6 Å². The summed E-state index contributed by atoms with van der Waals surface area (Å²) >= 11 is 0. The lowest BCUT2D eigenvalue weighted by molar-refractivity contribution is 0.214. The van der Waals surface area contributed by atoms with Gasteiger partial charge in [0.15, 0.2) is 11.5 Å². The number of fused-ring (bicyclic) bond motifs is 1. The highest BCUT2D eigenvalue weighted by atomic mass is 16.5. The van der Waals surface area contributed by atoms with Crippen LogP contribution in [-0.4, -0.2) is 49.5 Å². The molecule has 0 aliphatic carbocycles. The highest BCUT2D eigenvalue weighted by molar-refractivity contribution is 5.45. The van der Waals surface area contributed by atoms with Gasteiger partial charge in [0.1, 0.15) is 12.1 Å². The lowest BCUT2D eigenvalue weighted by Crippen LogP contribution is -2.36. The zero-order valence-electron chi connectivity index (χ0n) is 15.4. The zero-order chi connectivity index (χ0) is 18.1. The number of aryl methyl sites for hydroxylation is 2. The highest BCUT2D eigenvalue weighted by Gasteiger charge is 2.22. The Balaban J connectivity index is 1.36. The molecule has 0 bridgehead atoms. The van der Waals surface area contributed by atoms with Gasteiger partial charge in [0.25, 0.3) is 0 Å². The minimum absolute atomic E-state index is 0.529. The van der Waals surface area contributed by atoms with Crippen LogP contribution in [0.1, 0.15) is 29.9 Å². The van der Waals surface area contributed by atoms with Crippen LogP contribution >= 0.6 is 0 Å². The number of hydrogen-bond donors (Lipinski definition) is 0. The molecule has 3 aromatic heterocycles. The van der Waals surface area contributed by atoms with Gasteiger partial charge in [-0.2, -0.15) is 4.52 Å². The Bertz CT molecular complexity index is 915. The summed E-state index contributed by atoms with van der Waals surface area (Å²) in [5, 5.41) is 12.8. The van der Waals surface area contributed by atoms with E-state index in [1.54, 1.807) is 10.8 Å². The van der Waals surface area contributed by atoms with Gasteiger partial charge >= 0.3 is 0 Å². The Hall–Kier alpha value is -2.77. The molecule has 0 atom stereocenters. The largest absolute Gasteiger partial charge is 0.477 e. The highest BCUT2D eigenvalue weighted by Crippen LogP contribution is 2.24. The fourth-order valence-electron chi connectivity index (χ4n) is 3.24. The van der Waals surface area contributed by atoms with Crippen molar-refractivity contribution in [1.29, 1.82) is 0 Å². The van der Waals surface area contributed by atoms with E-state index in [-0.39, 0.29) is 0 Å². The molecule has 4 heterocycles. The second kappa shape index (κ2) is 6.86. The SMILES string of the molecule is Cc1ncnc(OCC2CCN(c3ccc4nnc(C)n4n3)CC2)c1C. The molecule has 8 heteroatoms. The van der Waals surface area contributed by atoms with E-state index in [2.05, 4.69) is 30.2 Å². The molecule has 0 saturated carbocycles. The van der Waals surface area contributed by atoms with Crippen LogP contribution in [-0.2, 0) is 0 Å². The summed E-state index contributed by atoms with van der Waals surface area (Å²) in [7, 11) is 0. The quantitative estimate of drug-likeness (QED) is 0.711. The van der Waals surface area contributed by atoms with E-state index >= 15 is 0 Å². The number of piperidine rings is 1. The molecule has 4 rings (SSSR count). The average Bonchev–Trinajstić information content (AvgIpc) is 3.04. The number of ether oxygens (including phenoxy) is 1. The molecule has 0 unspecified atom stereocenters. The third-order valence-corrected chi connectivity index (χ3v) is 5.09. The molecule has 1 aliphatic rings. The molecule has 26 heavy (non-hydrogen) atoms. The van der Waals surface area contributed by atoms with E-state index in [0.717, 1.165) is 54.5 Å². The molecule has 136 valence electrons. The summed E-state index contributed by atoms with van der Waals surface area (Å²) in [6.07, 6.45) is 3.71. The number of nitrogens with zero attached hydrogens (tertiary/aromatic N) is 7. The standard InChI is InChI=1S/C18H23N7O/c1-12-13(2)19-11-20-18(12)26-10-15-6-8-24(9-7-15)17-5-4-16-22-21-14(3)25(16)23-17/h4-5,11,15H,6-10H2,1-3H3. The predicted molar refractivity (Wildman–Crippen MR) is 97.5 cm³/mol. The summed E-state index contributed by atoms with van der Waals surface area (Å²) in [5.74, 6) is 3.01. The van der Waals surface area contributed by atoms with Gasteiger partial charge in [0.2, 0.25) is 5.88 Å². The molecule has 0 aromatic carbocycles. The van der Waals surface area contributed by atoms with Crippen LogP contribution in [0.4, 0.5) is 5.82 Å². The molecule has 8 nitrogen and oxygen atoms in total. The Labute approximate surface area is 152 Å². The topological polar surface area (TPSA) is 81.3 Å². The van der Waals surface area contributed by atoms with E-state index in [1.807, 2.05) is 32.9 Å². The van der Waals surface area contributed by atoms with Crippen LogP contribution in [0.25, 0.3) is 5.65 Å². The van der Waals surface area contributed by atoms with Crippen LogP contribution in [0.5, 0.6) is 5.88 Å². The summed E-state index contributed by atoms with van der Waals surface area (Å²) in [6.45, 7) is 8.52. The van der Waals surface area contributed by atoms with Crippen LogP contribution < -0.4 is 9.64 Å². The van der Waals surface area contributed by atoms with Crippen LogP contribution in [0, 0.1) is 26.7 Å². The van der Waals surface area contributed by atoms with Gasteiger partial charge in [-0.25, -0.2) is 9.97 Å². The fraction of sp³-hybridized carbons (Fsp3) is 0.500. The fourth-order valence-corrected chi connectivity index (χ4v) is 3.24. The maximum absolute atomic E-state index is 5.96. The van der Waals surface area contributed by atoms with Crippen molar-refractivity contribution < 1.29 is 4.74 Å². The van der Waals surface area contributed by atoms with Crippen molar-refractivity contribution >= 4 is 11.5 Å². The van der Waals surface area contributed by atoms with Crippen molar-refractivity contribution in [1.82, 2.24) is 29.8 Å². The summed E-state index contributed by atoms with van der Waals surface area (Å²) in [4.78, 5) is 10.8. The first-order valence-corrected chi connectivity index (χ1v) is 8.97. The second-order valence-corrected chi connectivity index (χ2v) is 6.84. The lowest BCUT2D eigenvalue weighted by atomic mass is 9.98. The Morgan fingerprint density at radius 1 is 1.08 bits per heavy atom. The van der Waals surface area contributed by atoms with Crippen molar-refractivity contribution in [3.05, 3.63) is 35.5 Å². The molecule has 1 fully saturated rings. The third-order valence-electron chi connectivity index (χ3n) is 5.09. The molecule has 0 radical (unpaired) electrons. The Kier molecular flexibility index (Phi) is 4.40. The summed E-state index contributed by atoms with van der Waals surface area (Å²) in [6, 6.07) is 3.99. The molecule has 1 saturated heterocycles. The van der Waals surface area contributed by atoms with E-state index in [0.29, 0.717) is 18.4 Å². The first-order chi connectivity index (χ1) is 12.6. The first kappa shape index (κ1) is 16.7. The van der Waals surface area contributed by atoms with Crippen molar-refractivity contribution in [2.45, 2.75) is 33.6 Å². The molecule has 0 amide bonds. The number of aromatic nitrogens is 6. The van der Waals surface area contributed by atoms with Crippen molar-refractivity contribution in [3.8, 4) is 5.88 Å². The minimum Gasteiger partial charge on any atom is -0.477 e. The lowest BCUT2D eigenvalue weighted by Gasteiger charge is -2.32. The first-order valence-electron chi connectivity index (χ1n) is 8.97. The van der Waals surface area contributed by atoms with Gasteiger partial charge in [-0.05, 0) is 51.7 Å². The molecule has 0 N–H and O–H groups in total. The van der Waals surface area contributed by atoms with Gasteiger partial charge in [-0.15, -0.1) is 15.3 Å². The molecule has 3 aromatic rings. The number of hydrogen-bond acceptors (Lipinski definition) is 7. The molecular formula is C18H23N7O. The van der Waals surface area contributed by atoms with Gasteiger partial charge in [0.05, 0.1) is 6.61 Å². The Morgan fingerprint density at radius 3 is 2.69 bits per heavy atom. The second-order valence-electron chi connectivity index (χ2n) is 6.84. The maximum Gasteiger partial charge on any atom is 0.219 e. The third kappa shape index (κ3) is 3.18. The normalized spacial score (nSPS) is 15.6. The summed E-state index contributed by atoms with van der Waals surface area (Å²) < 4.78 is 7.75. The average molecular weight is 353 g/mol. The van der Waals surface area contributed by atoms with E-state index in [4.69, 9.17) is 4.74 Å². The van der Waals surface area contributed by atoms with Gasteiger partial charge in [0, 0.05) is 24.3 Å². The van der Waals surface area contributed by atoms with Crippen LogP contribution in [0.2, 0.25) is 0 Å². The monoisotopic (exact) mass is 353 g/mol. The molecular weight excluding hydrogens is 330 g/mol. The predicted octanol–water partition coefficient (Wildman–Crippen LogP) is 2.13. The van der Waals surface area contributed by atoms with E-state index < -0.39 is 0 Å². The molecule has 0 spiro atoms. The van der Waals surface area contributed by atoms with E-state index in [9.17, 15) is 0 Å². The maximum atomic E-state index is 5.96. The van der Waals surface area contributed by atoms with Crippen LogP contribution in [0.15, 0.2) is 18.5 Å². The van der Waals surface area contributed by atoms with Crippen LogP contribution in [0.3, 0.4) is 0 Å². The number of anilines is 1. The smallest absolute Gasteiger partial charge is 0.219 e.